The van der Waals surface area contributed by atoms with Crippen LogP contribution in [0.3, 0.4) is 0 Å². The SMILES string of the molecule is CN=C(NCCc1cccc2ccccc12)NCc1ccc(C(=O)N(C)C)cc1. The van der Waals surface area contributed by atoms with Crippen LogP contribution in [-0.4, -0.2) is 44.5 Å². The summed E-state index contributed by atoms with van der Waals surface area (Å²) in [6.45, 7) is 1.44. The number of amides is 1. The van der Waals surface area contributed by atoms with Crippen molar-refractivity contribution in [2.75, 3.05) is 27.7 Å². The Hall–Kier alpha value is -3.34. The molecule has 0 saturated heterocycles. The lowest BCUT2D eigenvalue weighted by atomic mass is 10.0. The number of guanidine groups is 1. The van der Waals surface area contributed by atoms with Crippen LogP contribution in [0.25, 0.3) is 10.8 Å². The minimum Gasteiger partial charge on any atom is -0.356 e. The first kappa shape index (κ1) is 20.4. The van der Waals surface area contributed by atoms with Gasteiger partial charge < -0.3 is 15.5 Å². The van der Waals surface area contributed by atoms with Crippen LogP contribution in [0.4, 0.5) is 0 Å². The standard InChI is InChI=1S/C24H28N4O/c1-25-24(27-17-18-11-13-21(14-12-18)23(29)28(2)3)26-16-15-20-9-6-8-19-7-4-5-10-22(19)20/h4-14H,15-17H2,1-3H3,(H2,25,26,27). The van der Waals surface area contributed by atoms with E-state index in [-0.39, 0.29) is 5.91 Å². The lowest BCUT2D eigenvalue weighted by Gasteiger charge is -2.13. The van der Waals surface area contributed by atoms with E-state index in [9.17, 15) is 4.79 Å². The fraction of sp³-hybridized carbons (Fsp3) is 0.250. The van der Waals surface area contributed by atoms with Gasteiger partial charge in [0.05, 0.1) is 0 Å². The van der Waals surface area contributed by atoms with Crippen molar-refractivity contribution >= 4 is 22.6 Å². The maximum absolute atomic E-state index is 12.0. The minimum absolute atomic E-state index is 0.00965. The molecule has 0 saturated carbocycles. The van der Waals surface area contributed by atoms with E-state index in [1.807, 2.05) is 24.3 Å². The van der Waals surface area contributed by atoms with E-state index in [2.05, 4.69) is 58.1 Å². The molecule has 5 heteroatoms. The summed E-state index contributed by atoms with van der Waals surface area (Å²) >= 11 is 0. The van der Waals surface area contributed by atoms with Gasteiger partial charge in [-0.1, -0.05) is 54.6 Å². The molecule has 0 aliphatic heterocycles. The Morgan fingerprint density at radius 1 is 0.931 bits per heavy atom. The number of rotatable bonds is 6. The van der Waals surface area contributed by atoms with Crippen molar-refractivity contribution in [1.82, 2.24) is 15.5 Å². The monoisotopic (exact) mass is 388 g/mol. The highest BCUT2D eigenvalue weighted by atomic mass is 16.2. The van der Waals surface area contributed by atoms with E-state index in [1.54, 1.807) is 26.0 Å². The number of fused-ring (bicyclic) bond motifs is 1. The Kier molecular flexibility index (Phi) is 6.85. The third kappa shape index (κ3) is 5.35. The van der Waals surface area contributed by atoms with Gasteiger partial charge in [-0.3, -0.25) is 9.79 Å². The van der Waals surface area contributed by atoms with Gasteiger partial charge in [0.15, 0.2) is 5.96 Å². The number of aliphatic imine (C=N–C) groups is 1. The normalized spacial score (nSPS) is 11.3. The maximum Gasteiger partial charge on any atom is 0.253 e. The topological polar surface area (TPSA) is 56.7 Å². The van der Waals surface area contributed by atoms with Gasteiger partial charge in [-0.15, -0.1) is 0 Å². The molecular weight excluding hydrogens is 360 g/mol. The van der Waals surface area contributed by atoms with Crippen molar-refractivity contribution in [3.8, 4) is 0 Å². The highest BCUT2D eigenvalue weighted by Gasteiger charge is 2.07. The molecule has 1 amide bonds. The van der Waals surface area contributed by atoms with Gasteiger partial charge in [0.1, 0.15) is 0 Å². The first-order valence-electron chi connectivity index (χ1n) is 9.80. The summed E-state index contributed by atoms with van der Waals surface area (Å²) in [5, 5.41) is 9.27. The van der Waals surface area contributed by atoms with Crippen LogP contribution >= 0.6 is 0 Å². The molecule has 0 aliphatic rings. The van der Waals surface area contributed by atoms with Gasteiger partial charge in [-0.2, -0.15) is 0 Å². The number of benzene rings is 3. The second-order valence-corrected chi connectivity index (χ2v) is 7.14. The molecular formula is C24H28N4O. The number of nitrogens with zero attached hydrogens (tertiary/aromatic N) is 2. The van der Waals surface area contributed by atoms with Crippen LogP contribution in [0.15, 0.2) is 71.7 Å². The molecule has 0 spiro atoms. The van der Waals surface area contributed by atoms with Crippen LogP contribution < -0.4 is 10.6 Å². The summed E-state index contributed by atoms with van der Waals surface area (Å²) in [4.78, 5) is 17.8. The number of hydrogen-bond donors (Lipinski definition) is 2. The van der Waals surface area contributed by atoms with Crippen molar-refractivity contribution < 1.29 is 4.79 Å². The largest absolute Gasteiger partial charge is 0.356 e. The third-order valence-electron chi connectivity index (χ3n) is 4.86. The molecule has 0 unspecified atom stereocenters. The summed E-state index contributed by atoms with van der Waals surface area (Å²) in [7, 11) is 5.28. The minimum atomic E-state index is 0.00965. The van der Waals surface area contributed by atoms with Crippen LogP contribution in [0, 0.1) is 0 Å². The summed E-state index contributed by atoms with van der Waals surface area (Å²) in [5.74, 6) is 0.772. The summed E-state index contributed by atoms with van der Waals surface area (Å²) in [6, 6.07) is 22.5. The Balaban J connectivity index is 1.51. The van der Waals surface area contributed by atoms with Crippen molar-refractivity contribution in [2.24, 2.45) is 4.99 Å². The fourth-order valence-electron chi connectivity index (χ4n) is 3.26. The molecule has 2 N–H and O–H groups in total. The molecule has 0 aromatic heterocycles. The van der Waals surface area contributed by atoms with Gasteiger partial charge in [0.2, 0.25) is 0 Å². The van der Waals surface area contributed by atoms with Gasteiger partial charge in [0.25, 0.3) is 5.91 Å². The average molecular weight is 389 g/mol. The highest BCUT2D eigenvalue weighted by molar-refractivity contribution is 5.93. The molecule has 3 aromatic rings. The summed E-state index contributed by atoms with van der Waals surface area (Å²) in [6.07, 6.45) is 0.920. The van der Waals surface area contributed by atoms with Gasteiger partial charge in [-0.25, -0.2) is 0 Å². The molecule has 29 heavy (non-hydrogen) atoms. The van der Waals surface area contributed by atoms with E-state index in [4.69, 9.17) is 0 Å². The van der Waals surface area contributed by atoms with Crippen molar-refractivity contribution in [2.45, 2.75) is 13.0 Å². The molecule has 0 aliphatic carbocycles. The smallest absolute Gasteiger partial charge is 0.253 e. The Morgan fingerprint density at radius 2 is 1.66 bits per heavy atom. The molecule has 0 bridgehead atoms. The molecule has 150 valence electrons. The zero-order valence-corrected chi connectivity index (χ0v) is 17.3. The summed E-state index contributed by atoms with van der Waals surface area (Å²) < 4.78 is 0. The third-order valence-corrected chi connectivity index (χ3v) is 4.86. The Bertz CT molecular complexity index is 988. The lowest BCUT2D eigenvalue weighted by Crippen LogP contribution is -2.37. The molecule has 0 fully saturated rings. The van der Waals surface area contributed by atoms with Gasteiger partial charge in [-0.05, 0) is 40.5 Å². The summed E-state index contributed by atoms with van der Waals surface area (Å²) in [5.41, 5.74) is 3.11. The van der Waals surface area contributed by atoms with Crippen LogP contribution in [0.2, 0.25) is 0 Å². The zero-order chi connectivity index (χ0) is 20.6. The maximum atomic E-state index is 12.0. The van der Waals surface area contributed by atoms with Gasteiger partial charge >= 0.3 is 0 Å². The van der Waals surface area contributed by atoms with Crippen molar-refractivity contribution in [1.29, 1.82) is 0 Å². The van der Waals surface area contributed by atoms with Crippen molar-refractivity contribution in [3.05, 3.63) is 83.4 Å². The second-order valence-electron chi connectivity index (χ2n) is 7.14. The van der Waals surface area contributed by atoms with E-state index in [0.717, 1.165) is 24.5 Å². The number of carbonyl (C=O) groups excluding carboxylic acids is 1. The lowest BCUT2D eigenvalue weighted by molar-refractivity contribution is 0.0827. The zero-order valence-electron chi connectivity index (χ0n) is 17.3. The van der Waals surface area contributed by atoms with Crippen LogP contribution in [0.5, 0.6) is 0 Å². The molecule has 5 nitrogen and oxygen atoms in total. The Morgan fingerprint density at radius 3 is 2.38 bits per heavy atom. The molecule has 3 aromatic carbocycles. The highest BCUT2D eigenvalue weighted by Crippen LogP contribution is 2.18. The van der Waals surface area contributed by atoms with Crippen LogP contribution in [-0.2, 0) is 13.0 Å². The molecule has 0 atom stereocenters. The van der Waals surface area contributed by atoms with Crippen LogP contribution in [0.1, 0.15) is 21.5 Å². The molecule has 0 heterocycles. The van der Waals surface area contributed by atoms with E-state index in [1.165, 1.54) is 16.3 Å². The van der Waals surface area contributed by atoms with E-state index >= 15 is 0 Å². The first-order valence-corrected chi connectivity index (χ1v) is 9.80. The number of nitrogens with one attached hydrogen (secondary N) is 2. The Labute approximate surface area is 172 Å². The fourth-order valence-corrected chi connectivity index (χ4v) is 3.26. The molecule has 0 radical (unpaired) electrons. The second kappa shape index (κ2) is 9.73. The quantitative estimate of drug-likeness (QED) is 0.502. The predicted molar refractivity (Wildman–Crippen MR) is 120 cm³/mol. The van der Waals surface area contributed by atoms with Crippen molar-refractivity contribution in [3.63, 3.8) is 0 Å². The predicted octanol–water partition coefficient (Wildman–Crippen LogP) is 3.45. The van der Waals surface area contributed by atoms with E-state index < -0.39 is 0 Å². The average Bonchev–Trinajstić information content (AvgIpc) is 2.76. The first-order chi connectivity index (χ1) is 14.1. The molecule has 3 rings (SSSR count). The van der Waals surface area contributed by atoms with Gasteiger partial charge in [0, 0.05) is 39.8 Å². The number of hydrogen-bond acceptors (Lipinski definition) is 2. The number of carbonyl (C=O) groups is 1. The van der Waals surface area contributed by atoms with E-state index in [0.29, 0.717) is 12.1 Å².